The van der Waals surface area contributed by atoms with Crippen molar-refractivity contribution in [3.05, 3.63) is 48.5 Å². The summed E-state index contributed by atoms with van der Waals surface area (Å²) < 4.78 is 64.5. The van der Waals surface area contributed by atoms with Crippen molar-refractivity contribution in [1.29, 1.82) is 0 Å². The molecule has 10 nitrogen and oxygen atoms in total. The summed E-state index contributed by atoms with van der Waals surface area (Å²) in [5.74, 6) is 0.630. The molecule has 0 spiro atoms. The lowest BCUT2D eigenvalue weighted by atomic mass is 10.2. The standard InChI is InChI=1S/C26H37N3O7S2/c1-4-25(29(37(3,31)32)21-9-11-22(12-10-21)35-5-2)26(30)27-17-20-36-23-13-15-24(16-14-23)38(33,34)28-18-7-6-8-19-28/h9-16,25H,4-8,17-20H2,1-3H3,(H,27,30). The Morgan fingerprint density at radius 2 is 1.50 bits per heavy atom. The first-order valence-electron chi connectivity index (χ1n) is 12.8. The van der Waals surface area contributed by atoms with Gasteiger partial charge in [0.15, 0.2) is 0 Å². The Kier molecular flexibility index (Phi) is 10.4. The van der Waals surface area contributed by atoms with Crippen molar-refractivity contribution >= 4 is 31.6 Å². The molecule has 1 unspecified atom stereocenters. The average Bonchev–Trinajstić information content (AvgIpc) is 2.90. The van der Waals surface area contributed by atoms with E-state index < -0.39 is 32.0 Å². The second-order valence-corrected chi connectivity index (χ2v) is 12.8. The van der Waals surface area contributed by atoms with E-state index >= 15 is 0 Å². The van der Waals surface area contributed by atoms with Crippen molar-refractivity contribution < 1.29 is 31.1 Å². The van der Waals surface area contributed by atoms with Crippen LogP contribution >= 0.6 is 0 Å². The van der Waals surface area contributed by atoms with Crippen LogP contribution in [0.5, 0.6) is 11.5 Å². The van der Waals surface area contributed by atoms with Gasteiger partial charge in [0.1, 0.15) is 24.1 Å². The Morgan fingerprint density at radius 3 is 2.05 bits per heavy atom. The van der Waals surface area contributed by atoms with Crippen LogP contribution in [0.15, 0.2) is 53.4 Å². The maximum Gasteiger partial charge on any atom is 0.244 e. The van der Waals surface area contributed by atoms with Gasteiger partial charge in [-0.3, -0.25) is 9.10 Å². The Hall–Kier alpha value is -2.83. The Labute approximate surface area is 226 Å². The third kappa shape index (κ3) is 7.61. The summed E-state index contributed by atoms with van der Waals surface area (Å²) in [6, 6.07) is 11.8. The number of ether oxygens (including phenoxy) is 2. The molecule has 2 aromatic carbocycles. The number of piperidine rings is 1. The van der Waals surface area contributed by atoms with Gasteiger partial charge >= 0.3 is 0 Å². The number of carbonyl (C=O) groups excluding carboxylic acids is 1. The predicted molar refractivity (Wildman–Crippen MR) is 147 cm³/mol. The predicted octanol–water partition coefficient (Wildman–Crippen LogP) is 3.00. The van der Waals surface area contributed by atoms with Gasteiger partial charge in [0.2, 0.25) is 26.0 Å². The quantitative estimate of drug-likeness (QED) is 0.369. The molecule has 0 aromatic heterocycles. The van der Waals surface area contributed by atoms with Crippen molar-refractivity contribution in [1.82, 2.24) is 9.62 Å². The third-order valence-corrected chi connectivity index (χ3v) is 9.27. The second-order valence-electron chi connectivity index (χ2n) is 8.99. The van der Waals surface area contributed by atoms with Crippen molar-refractivity contribution in [3.8, 4) is 11.5 Å². The van der Waals surface area contributed by atoms with Crippen LogP contribution in [0.3, 0.4) is 0 Å². The second kappa shape index (κ2) is 13.3. The molecule has 1 fully saturated rings. The first kappa shape index (κ1) is 29.7. The highest BCUT2D eigenvalue weighted by molar-refractivity contribution is 7.92. The molecule has 1 N–H and O–H groups in total. The van der Waals surface area contributed by atoms with E-state index in [0.717, 1.165) is 29.8 Å². The maximum atomic E-state index is 13.0. The summed E-state index contributed by atoms with van der Waals surface area (Å²) in [5.41, 5.74) is 0.369. The van der Waals surface area contributed by atoms with Crippen LogP contribution in [0.25, 0.3) is 0 Å². The average molecular weight is 568 g/mol. The fraction of sp³-hybridized carbons (Fsp3) is 0.500. The van der Waals surface area contributed by atoms with E-state index in [4.69, 9.17) is 9.47 Å². The summed E-state index contributed by atoms with van der Waals surface area (Å²) in [6.45, 7) is 5.43. The van der Waals surface area contributed by atoms with E-state index in [0.29, 0.717) is 36.9 Å². The fourth-order valence-electron chi connectivity index (χ4n) is 4.34. The molecule has 1 saturated heterocycles. The molecule has 1 aliphatic heterocycles. The van der Waals surface area contributed by atoms with Crippen LogP contribution in [-0.2, 0) is 24.8 Å². The first-order valence-corrected chi connectivity index (χ1v) is 16.1. The Morgan fingerprint density at radius 1 is 0.921 bits per heavy atom. The molecule has 1 atom stereocenters. The number of hydrogen-bond acceptors (Lipinski definition) is 7. The monoisotopic (exact) mass is 567 g/mol. The van der Waals surface area contributed by atoms with Crippen molar-refractivity contribution in [2.24, 2.45) is 0 Å². The molecule has 0 bridgehead atoms. The minimum Gasteiger partial charge on any atom is -0.494 e. The lowest BCUT2D eigenvalue weighted by molar-refractivity contribution is -0.122. The normalized spacial score (nSPS) is 15.4. The summed E-state index contributed by atoms with van der Waals surface area (Å²) >= 11 is 0. The smallest absolute Gasteiger partial charge is 0.244 e. The molecule has 38 heavy (non-hydrogen) atoms. The number of benzene rings is 2. The number of carbonyl (C=O) groups is 1. The van der Waals surface area contributed by atoms with E-state index in [1.54, 1.807) is 43.3 Å². The summed E-state index contributed by atoms with van der Waals surface area (Å²) in [4.78, 5) is 13.2. The number of hydrogen-bond donors (Lipinski definition) is 1. The van der Waals surface area contributed by atoms with Gasteiger partial charge in [-0.05, 0) is 74.7 Å². The van der Waals surface area contributed by atoms with Crippen LogP contribution < -0.4 is 19.1 Å². The van der Waals surface area contributed by atoms with E-state index in [1.165, 1.54) is 16.4 Å². The summed E-state index contributed by atoms with van der Waals surface area (Å²) in [5, 5.41) is 2.74. The van der Waals surface area contributed by atoms with Crippen LogP contribution in [0, 0.1) is 0 Å². The summed E-state index contributed by atoms with van der Waals surface area (Å²) in [7, 11) is -7.27. The van der Waals surface area contributed by atoms with Gasteiger partial charge < -0.3 is 14.8 Å². The van der Waals surface area contributed by atoms with Crippen molar-refractivity contribution in [2.75, 3.05) is 43.4 Å². The van der Waals surface area contributed by atoms with Crippen LogP contribution in [0.2, 0.25) is 0 Å². The number of sulfonamides is 2. The molecule has 1 heterocycles. The van der Waals surface area contributed by atoms with E-state index in [1.807, 2.05) is 6.92 Å². The molecule has 0 aliphatic carbocycles. The number of anilines is 1. The molecule has 210 valence electrons. The SMILES string of the molecule is CCOc1ccc(N(C(CC)C(=O)NCCOc2ccc(S(=O)(=O)N3CCCCC3)cc2)S(C)(=O)=O)cc1. The number of nitrogens with zero attached hydrogens (tertiary/aromatic N) is 2. The van der Waals surface area contributed by atoms with Crippen LogP contribution in [0.1, 0.15) is 39.5 Å². The molecular weight excluding hydrogens is 530 g/mol. The maximum absolute atomic E-state index is 13.0. The molecule has 12 heteroatoms. The van der Waals surface area contributed by atoms with Gasteiger partial charge in [0.05, 0.1) is 30.0 Å². The zero-order valence-corrected chi connectivity index (χ0v) is 23.8. The van der Waals surface area contributed by atoms with Gasteiger partial charge in [0, 0.05) is 13.1 Å². The molecule has 0 radical (unpaired) electrons. The Balaban J connectivity index is 1.57. The molecule has 1 amide bonds. The van der Waals surface area contributed by atoms with Gasteiger partial charge in [-0.15, -0.1) is 0 Å². The molecule has 3 rings (SSSR count). The minimum atomic E-state index is -3.75. The Bertz CT molecular complexity index is 1260. The van der Waals surface area contributed by atoms with E-state index in [-0.39, 0.29) is 24.5 Å². The lowest BCUT2D eigenvalue weighted by Gasteiger charge is -2.30. The highest BCUT2D eigenvalue weighted by Crippen LogP contribution is 2.26. The molecule has 0 saturated carbocycles. The minimum absolute atomic E-state index is 0.127. The van der Waals surface area contributed by atoms with E-state index in [2.05, 4.69) is 5.32 Å². The highest BCUT2D eigenvalue weighted by atomic mass is 32.2. The zero-order chi connectivity index (χ0) is 27.8. The fourth-order valence-corrected chi connectivity index (χ4v) is 7.07. The van der Waals surface area contributed by atoms with E-state index in [9.17, 15) is 21.6 Å². The molecular formula is C26H37N3O7S2. The topological polar surface area (TPSA) is 122 Å². The van der Waals surface area contributed by atoms with Gasteiger partial charge in [-0.1, -0.05) is 13.3 Å². The number of rotatable bonds is 13. The molecule has 1 aliphatic rings. The number of nitrogens with one attached hydrogen (secondary N) is 1. The molecule has 2 aromatic rings. The van der Waals surface area contributed by atoms with Gasteiger partial charge in [0.25, 0.3) is 0 Å². The number of amides is 1. The van der Waals surface area contributed by atoms with Crippen molar-refractivity contribution in [2.45, 2.75) is 50.5 Å². The van der Waals surface area contributed by atoms with Crippen molar-refractivity contribution in [3.63, 3.8) is 0 Å². The lowest BCUT2D eigenvalue weighted by Crippen LogP contribution is -2.50. The first-order chi connectivity index (χ1) is 18.1. The van der Waals surface area contributed by atoms with Crippen LogP contribution in [-0.4, -0.2) is 72.2 Å². The highest BCUT2D eigenvalue weighted by Gasteiger charge is 2.31. The van der Waals surface area contributed by atoms with Gasteiger partial charge in [-0.25, -0.2) is 16.8 Å². The largest absolute Gasteiger partial charge is 0.494 e. The third-order valence-electron chi connectivity index (χ3n) is 6.18. The van der Waals surface area contributed by atoms with Gasteiger partial charge in [-0.2, -0.15) is 4.31 Å². The van der Waals surface area contributed by atoms with Crippen LogP contribution in [0.4, 0.5) is 5.69 Å². The zero-order valence-electron chi connectivity index (χ0n) is 22.1. The summed E-state index contributed by atoms with van der Waals surface area (Å²) in [6.07, 6.45) is 4.11.